The molecule has 1 aliphatic heterocycles. The van der Waals surface area contributed by atoms with Gasteiger partial charge in [0.15, 0.2) is 5.78 Å². The number of aromatic nitrogens is 2. The molecular weight excluding hydrogens is 422 g/mol. The number of hydrogen-bond acceptors (Lipinski definition) is 4. The molecule has 5 nitrogen and oxygen atoms in total. The minimum absolute atomic E-state index is 0.219. The highest BCUT2D eigenvalue weighted by molar-refractivity contribution is 5.79. The van der Waals surface area contributed by atoms with Gasteiger partial charge >= 0.3 is 0 Å². The van der Waals surface area contributed by atoms with Gasteiger partial charge in [0.2, 0.25) is 0 Å². The average Bonchev–Trinajstić information content (AvgIpc) is 3.26. The number of likely N-dealkylation sites (tertiary alicyclic amines) is 1. The van der Waals surface area contributed by atoms with E-state index in [0.717, 1.165) is 41.4 Å². The highest BCUT2D eigenvalue weighted by atomic mass is 16.5. The number of hydrogen-bond donors (Lipinski definition) is 0. The van der Waals surface area contributed by atoms with Crippen LogP contribution in [0.2, 0.25) is 0 Å². The van der Waals surface area contributed by atoms with E-state index in [2.05, 4.69) is 43.0 Å². The molecule has 3 aromatic rings. The van der Waals surface area contributed by atoms with Crippen molar-refractivity contribution in [3.63, 3.8) is 0 Å². The van der Waals surface area contributed by atoms with Crippen LogP contribution >= 0.6 is 0 Å². The fraction of sp³-hybridized carbons (Fsp3) is 0.448. The Morgan fingerprint density at radius 1 is 1.03 bits per heavy atom. The molecule has 0 aliphatic carbocycles. The second-order valence-corrected chi connectivity index (χ2v) is 9.80. The smallest absolute Gasteiger partial charge is 0.152 e. The molecule has 0 atom stereocenters. The zero-order valence-corrected chi connectivity index (χ0v) is 20.8. The normalized spacial score (nSPS) is 14.5. The first-order valence-corrected chi connectivity index (χ1v) is 12.6. The van der Waals surface area contributed by atoms with Crippen molar-refractivity contribution < 1.29 is 9.53 Å². The maximum absolute atomic E-state index is 12.6. The summed E-state index contributed by atoms with van der Waals surface area (Å²) in [6.07, 6.45) is 7.69. The summed E-state index contributed by atoms with van der Waals surface area (Å²) in [5.41, 5.74) is 4.26. The Bertz CT molecular complexity index is 1080. The van der Waals surface area contributed by atoms with Crippen molar-refractivity contribution in [2.45, 2.75) is 52.5 Å². The Morgan fingerprint density at radius 3 is 2.50 bits per heavy atom. The maximum Gasteiger partial charge on any atom is 0.152 e. The highest BCUT2D eigenvalue weighted by Gasteiger charge is 2.16. The van der Waals surface area contributed by atoms with Crippen molar-refractivity contribution in [1.29, 1.82) is 0 Å². The summed E-state index contributed by atoms with van der Waals surface area (Å²) >= 11 is 0. The van der Waals surface area contributed by atoms with Crippen LogP contribution in [0.5, 0.6) is 5.75 Å². The third kappa shape index (κ3) is 6.35. The zero-order chi connectivity index (χ0) is 23.9. The third-order valence-electron chi connectivity index (χ3n) is 6.50. The first kappa shape index (κ1) is 24.2. The number of imidazole rings is 1. The van der Waals surface area contributed by atoms with Crippen molar-refractivity contribution in [3.8, 4) is 28.4 Å². The average molecular weight is 460 g/mol. The number of carbonyl (C=O) groups excluding carboxylic acids is 1. The van der Waals surface area contributed by atoms with Crippen LogP contribution in [-0.4, -0.2) is 47.0 Å². The van der Waals surface area contributed by atoms with Gasteiger partial charge in [0.1, 0.15) is 11.6 Å². The van der Waals surface area contributed by atoms with Crippen LogP contribution in [0.4, 0.5) is 0 Å². The van der Waals surface area contributed by atoms with E-state index in [0.29, 0.717) is 18.9 Å². The number of ether oxygens (including phenoxy) is 1. The van der Waals surface area contributed by atoms with Gasteiger partial charge in [0.05, 0.1) is 19.3 Å². The molecule has 2 aromatic carbocycles. The van der Waals surface area contributed by atoms with Crippen LogP contribution in [0.1, 0.15) is 45.1 Å². The Hall–Kier alpha value is -2.92. The number of piperidine rings is 1. The quantitative estimate of drug-likeness (QED) is 0.380. The van der Waals surface area contributed by atoms with Crippen LogP contribution in [0.15, 0.2) is 54.7 Å². The second-order valence-electron chi connectivity index (χ2n) is 9.80. The van der Waals surface area contributed by atoms with Crippen molar-refractivity contribution in [2.24, 2.45) is 5.92 Å². The summed E-state index contributed by atoms with van der Waals surface area (Å²) in [6, 6.07) is 16.6. The fourth-order valence-electron chi connectivity index (χ4n) is 4.69. The lowest BCUT2D eigenvalue weighted by Crippen LogP contribution is -2.31. The first-order chi connectivity index (χ1) is 16.5. The fourth-order valence-corrected chi connectivity index (χ4v) is 4.69. The van der Waals surface area contributed by atoms with Gasteiger partial charge in [-0.25, -0.2) is 4.98 Å². The molecule has 2 heterocycles. The number of benzene rings is 2. The largest absolute Gasteiger partial charge is 0.497 e. The van der Waals surface area contributed by atoms with Crippen LogP contribution in [0.3, 0.4) is 0 Å². The maximum atomic E-state index is 12.6. The minimum atomic E-state index is 0.219. The molecule has 1 saturated heterocycles. The minimum Gasteiger partial charge on any atom is -0.497 e. The summed E-state index contributed by atoms with van der Waals surface area (Å²) in [5.74, 6) is 2.13. The number of ketones is 1. The molecule has 4 rings (SSSR count). The van der Waals surface area contributed by atoms with Crippen LogP contribution in [0.25, 0.3) is 22.6 Å². The van der Waals surface area contributed by atoms with Gasteiger partial charge in [-0.2, -0.15) is 0 Å². The predicted molar refractivity (Wildman–Crippen MR) is 138 cm³/mol. The zero-order valence-electron chi connectivity index (χ0n) is 20.8. The number of carbonyl (C=O) groups is 1. The molecular formula is C29H37N3O2. The molecule has 34 heavy (non-hydrogen) atoms. The highest BCUT2D eigenvalue weighted by Crippen LogP contribution is 2.28. The van der Waals surface area contributed by atoms with Crippen molar-refractivity contribution in [1.82, 2.24) is 14.5 Å². The van der Waals surface area contributed by atoms with Gasteiger partial charge < -0.3 is 14.2 Å². The Morgan fingerprint density at radius 2 is 1.79 bits per heavy atom. The third-order valence-corrected chi connectivity index (χ3v) is 6.50. The lowest BCUT2D eigenvalue weighted by Gasteiger charge is -2.26. The van der Waals surface area contributed by atoms with E-state index in [9.17, 15) is 4.79 Å². The summed E-state index contributed by atoms with van der Waals surface area (Å²) in [5, 5.41) is 0. The lowest BCUT2D eigenvalue weighted by atomic mass is 10.1. The molecule has 1 fully saturated rings. The van der Waals surface area contributed by atoms with Crippen LogP contribution in [-0.2, 0) is 17.8 Å². The summed E-state index contributed by atoms with van der Waals surface area (Å²) in [6.45, 7) is 8.08. The van der Waals surface area contributed by atoms with Gasteiger partial charge in [-0.3, -0.25) is 4.79 Å². The van der Waals surface area contributed by atoms with Crippen molar-refractivity contribution >= 4 is 5.78 Å². The lowest BCUT2D eigenvalue weighted by molar-refractivity contribution is -0.120. The Kier molecular flexibility index (Phi) is 8.17. The van der Waals surface area contributed by atoms with Crippen LogP contribution < -0.4 is 4.74 Å². The molecule has 180 valence electrons. The van der Waals surface area contributed by atoms with E-state index in [1.165, 1.54) is 37.9 Å². The van der Waals surface area contributed by atoms with Gasteiger partial charge in [-0.1, -0.05) is 56.7 Å². The topological polar surface area (TPSA) is 47.4 Å². The van der Waals surface area contributed by atoms with Gasteiger partial charge in [0.25, 0.3) is 0 Å². The SMILES string of the molecule is COc1cccc(-c2nc(-c3ccc(CCN4CCCCC4)cc3)cn2CC(=O)CC(C)C)c1. The number of Topliss-reactive ketones (excluding diaryl/α,β-unsaturated/α-hetero) is 1. The van der Waals surface area contributed by atoms with E-state index >= 15 is 0 Å². The molecule has 0 unspecified atom stereocenters. The monoisotopic (exact) mass is 459 g/mol. The standard InChI is InChI=1S/C29H37N3O2/c1-22(2)18-26(33)20-32-21-28(30-29(32)25-8-7-9-27(19-25)34-3)24-12-10-23(11-13-24)14-17-31-15-5-4-6-16-31/h7-13,19,21-22H,4-6,14-18,20H2,1-3H3. The molecule has 0 bridgehead atoms. The Labute approximate surface area is 203 Å². The summed E-state index contributed by atoms with van der Waals surface area (Å²) in [7, 11) is 1.66. The van der Waals surface area contributed by atoms with E-state index in [-0.39, 0.29) is 5.78 Å². The van der Waals surface area contributed by atoms with E-state index < -0.39 is 0 Å². The van der Waals surface area contributed by atoms with Gasteiger partial charge in [-0.15, -0.1) is 0 Å². The summed E-state index contributed by atoms with van der Waals surface area (Å²) in [4.78, 5) is 20.2. The van der Waals surface area contributed by atoms with E-state index in [1.54, 1.807) is 7.11 Å². The number of methoxy groups -OCH3 is 1. The molecule has 1 aliphatic rings. The van der Waals surface area contributed by atoms with Crippen molar-refractivity contribution in [3.05, 3.63) is 60.3 Å². The summed E-state index contributed by atoms with van der Waals surface area (Å²) < 4.78 is 7.40. The van der Waals surface area contributed by atoms with Gasteiger partial charge in [0, 0.05) is 30.3 Å². The van der Waals surface area contributed by atoms with E-state index in [4.69, 9.17) is 9.72 Å². The molecule has 0 amide bonds. The Balaban J connectivity index is 1.55. The molecule has 0 saturated carbocycles. The molecule has 0 N–H and O–H groups in total. The molecule has 5 heteroatoms. The molecule has 0 radical (unpaired) electrons. The molecule has 1 aromatic heterocycles. The molecule has 0 spiro atoms. The second kappa shape index (κ2) is 11.5. The predicted octanol–water partition coefficient (Wildman–Crippen LogP) is 5.87. The number of nitrogens with zero attached hydrogens (tertiary/aromatic N) is 3. The van der Waals surface area contributed by atoms with Crippen molar-refractivity contribution in [2.75, 3.05) is 26.7 Å². The van der Waals surface area contributed by atoms with Crippen LogP contribution in [0, 0.1) is 5.92 Å². The van der Waals surface area contributed by atoms with Gasteiger partial charge in [-0.05, 0) is 56.0 Å². The first-order valence-electron chi connectivity index (χ1n) is 12.6. The number of rotatable bonds is 10. The van der Waals surface area contributed by atoms with E-state index in [1.807, 2.05) is 35.0 Å².